The highest BCUT2D eigenvalue weighted by molar-refractivity contribution is 9.11. The van der Waals surface area contributed by atoms with Gasteiger partial charge in [-0.1, -0.05) is 12.1 Å². The zero-order valence-electron chi connectivity index (χ0n) is 11.3. The van der Waals surface area contributed by atoms with E-state index < -0.39 is 0 Å². The lowest BCUT2D eigenvalue weighted by molar-refractivity contribution is 0.417. The summed E-state index contributed by atoms with van der Waals surface area (Å²) in [4.78, 5) is 1.48. The van der Waals surface area contributed by atoms with Gasteiger partial charge in [-0.05, 0) is 71.4 Å². The monoisotopic (exact) mass is 353 g/mol. The number of fused-ring (bicyclic) bond motifs is 1. The largest absolute Gasteiger partial charge is 0.303 e. The van der Waals surface area contributed by atoms with Gasteiger partial charge >= 0.3 is 0 Å². The van der Waals surface area contributed by atoms with E-state index in [0.29, 0.717) is 6.04 Å². The summed E-state index contributed by atoms with van der Waals surface area (Å²) in [5, 5.41) is 3.65. The number of hydrogen-bond donors (Lipinski definition) is 1. The van der Waals surface area contributed by atoms with Crippen LogP contribution < -0.4 is 5.32 Å². The Hall–Kier alpha value is -0.710. The van der Waals surface area contributed by atoms with Gasteiger partial charge in [0.25, 0.3) is 0 Å². The van der Waals surface area contributed by atoms with Crippen molar-refractivity contribution in [1.82, 2.24) is 5.32 Å². The maximum atomic E-state index is 13.3. The Balaban J connectivity index is 1.78. The van der Waals surface area contributed by atoms with Gasteiger partial charge in [0.1, 0.15) is 5.82 Å². The minimum absolute atomic E-state index is 0.153. The average Bonchev–Trinajstić information content (AvgIpc) is 2.80. The molecule has 20 heavy (non-hydrogen) atoms. The second kappa shape index (κ2) is 5.96. The molecule has 0 fully saturated rings. The zero-order chi connectivity index (χ0) is 14.1. The van der Waals surface area contributed by atoms with Gasteiger partial charge in [0.15, 0.2) is 0 Å². The minimum Gasteiger partial charge on any atom is -0.303 e. The predicted octanol–water partition coefficient (Wildman–Crippen LogP) is 5.38. The maximum absolute atomic E-state index is 13.3. The van der Waals surface area contributed by atoms with Gasteiger partial charge in [0, 0.05) is 17.0 Å². The molecule has 0 spiro atoms. The van der Waals surface area contributed by atoms with Crippen LogP contribution in [0.1, 0.15) is 47.9 Å². The standard InChI is InChI=1S/C16H17BrFNS/c1-10(11-4-2-5-12(18)8-11)19-14-6-3-7-15-13(14)9-16(17)20-15/h2,4-5,8-10,14,19H,3,6-7H2,1H3/t10-,14?/m1/s1. The Morgan fingerprint density at radius 2 is 2.25 bits per heavy atom. The fourth-order valence-corrected chi connectivity index (χ4v) is 4.69. The van der Waals surface area contributed by atoms with Gasteiger partial charge in [0.2, 0.25) is 0 Å². The molecule has 0 radical (unpaired) electrons. The van der Waals surface area contributed by atoms with E-state index in [9.17, 15) is 4.39 Å². The van der Waals surface area contributed by atoms with Crippen molar-refractivity contribution in [3.63, 3.8) is 0 Å². The van der Waals surface area contributed by atoms with E-state index in [1.165, 1.54) is 33.1 Å². The number of aryl methyl sites for hydroxylation is 1. The first-order valence-electron chi connectivity index (χ1n) is 6.93. The van der Waals surface area contributed by atoms with Gasteiger partial charge in [0.05, 0.1) is 3.79 Å². The van der Waals surface area contributed by atoms with Crippen molar-refractivity contribution in [2.45, 2.75) is 38.3 Å². The number of rotatable bonds is 3. The number of benzene rings is 1. The van der Waals surface area contributed by atoms with Crippen LogP contribution in [0.25, 0.3) is 0 Å². The number of hydrogen-bond acceptors (Lipinski definition) is 2. The van der Waals surface area contributed by atoms with Crippen LogP contribution in [0.4, 0.5) is 4.39 Å². The SMILES string of the molecule is C[C@@H](NC1CCCc2sc(Br)cc21)c1cccc(F)c1. The summed E-state index contributed by atoms with van der Waals surface area (Å²) in [6.07, 6.45) is 3.54. The summed E-state index contributed by atoms with van der Waals surface area (Å²) in [5.41, 5.74) is 2.42. The van der Waals surface area contributed by atoms with Crippen LogP contribution in [0.5, 0.6) is 0 Å². The van der Waals surface area contributed by atoms with Crippen LogP contribution in [0, 0.1) is 5.82 Å². The highest BCUT2D eigenvalue weighted by Gasteiger charge is 2.24. The lowest BCUT2D eigenvalue weighted by Crippen LogP contribution is -2.27. The molecular weight excluding hydrogens is 337 g/mol. The topological polar surface area (TPSA) is 12.0 Å². The Morgan fingerprint density at radius 1 is 1.40 bits per heavy atom. The van der Waals surface area contributed by atoms with Crippen molar-refractivity contribution in [2.24, 2.45) is 0 Å². The Morgan fingerprint density at radius 3 is 3.05 bits per heavy atom. The van der Waals surface area contributed by atoms with Crippen LogP contribution in [0.15, 0.2) is 34.1 Å². The van der Waals surface area contributed by atoms with Crippen molar-refractivity contribution in [3.8, 4) is 0 Å². The summed E-state index contributed by atoms with van der Waals surface area (Å²) >= 11 is 5.42. The minimum atomic E-state index is -0.168. The van der Waals surface area contributed by atoms with E-state index in [2.05, 4.69) is 34.2 Å². The van der Waals surface area contributed by atoms with E-state index in [-0.39, 0.29) is 11.9 Å². The van der Waals surface area contributed by atoms with E-state index in [4.69, 9.17) is 0 Å². The van der Waals surface area contributed by atoms with Gasteiger partial charge in [-0.3, -0.25) is 0 Å². The fraction of sp³-hybridized carbons (Fsp3) is 0.375. The molecular formula is C16H17BrFNS. The van der Waals surface area contributed by atoms with E-state index in [1.54, 1.807) is 12.1 Å². The first-order chi connectivity index (χ1) is 9.63. The van der Waals surface area contributed by atoms with E-state index >= 15 is 0 Å². The molecule has 2 aromatic rings. The Bertz CT molecular complexity index is 610. The van der Waals surface area contributed by atoms with Crippen molar-refractivity contribution >= 4 is 27.3 Å². The Labute approximate surface area is 131 Å². The molecule has 1 heterocycles. The molecule has 2 atom stereocenters. The van der Waals surface area contributed by atoms with Crippen molar-refractivity contribution in [2.75, 3.05) is 0 Å². The molecule has 3 rings (SSSR count). The number of thiophene rings is 1. The van der Waals surface area contributed by atoms with Crippen molar-refractivity contribution < 1.29 is 4.39 Å². The highest BCUT2D eigenvalue weighted by Crippen LogP contribution is 2.38. The molecule has 1 N–H and O–H groups in total. The molecule has 0 bridgehead atoms. The molecule has 1 unspecified atom stereocenters. The third-order valence-electron chi connectivity index (χ3n) is 3.88. The molecule has 1 aromatic heterocycles. The van der Waals surface area contributed by atoms with Crippen LogP contribution in [0.2, 0.25) is 0 Å². The highest BCUT2D eigenvalue weighted by atomic mass is 79.9. The van der Waals surface area contributed by atoms with Crippen LogP contribution >= 0.6 is 27.3 Å². The molecule has 1 aromatic carbocycles. The quantitative estimate of drug-likeness (QED) is 0.781. The first-order valence-corrected chi connectivity index (χ1v) is 8.54. The van der Waals surface area contributed by atoms with Crippen molar-refractivity contribution in [1.29, 1.82) is 0 Å². The fourth-order valence-electron chi connectivity index (χ4n) is 2.87. The lowest BCUT2D eigenvalue weighted by Gasteiger charge is -2.27. The molecule has 1 nitrogen and oxygen atoms in total. The average molecular weight is 354 g/mol. The van der Waals surface area contributed by atoms with Gasteiger partial charge < -0.3 is 5.32 Å². The maximum Gasteiger partial charge on any atom is 0.123 e. The molecule has 0 saturated carbocycles. The smallest absolute Gasteiger partial charge is 0.123 e. The molecule has 0 amide bonds. The number of halogens is 2. The second-order valence-corrected chi connectivity index (χ2v) is 7.83. The van der Waals surface area contributed by atoms with Gasteiger partial charge in [-0.2, -0.15) is 0 Å². The predicted molar refractivity (Wildman–Crippen MR) is 85.6 cm³/mol. The van der Waals surface area contributed by atoms with Crippen LogP contribution in [-0.4, -0.2) is 0 Å². The summed E-state index contributed by atoms with van der Waals surface area (Å²) in [5.74, 6) is -0.168. The lowest BCUT2D eigenvalue weighted by atomic mass is 9.93. The normalized spacial score (nSPS) is 19.6. The summed E-state index contributed by atoms with van der Waals surface area (Å²) < 4.78 is 14.5. The van der Waals surface area contributed by atoms with Gasteiger partial charge in [-0.25, -0.2) is 4.39 Å². The third-order valence-corrected chi connectivity index (χ3v) is 5.60. The summed E-state index contributed by atoms with van der Waals surface area (Å²) in [6, 6.07) is 9.62. The molecule has 1 aliphatic rings. The molecule has 0 saturated heterocycles. The van der Waals surface area contributed by atoms with E-state index in [1.807, 2.05) is 17.4 Å². The number of nitrogens with one attached hydrogen (secondary N) is 1. The van der Waals surface area contributed by atoms with Crippen LogP contribution in [-0.2, 0) is 6.42 Å². The van der Waals surface area contributed by atoms with Crippen molar-refractivity contribution in [3.05, 3.63) is 55.9 Å². The molecule has 4 heteroatoms. The zero-order valence-corrected chi connectivity index (χ0v) is 13.7. The van der Waals surface area contributed by atoms with Crippen LogP contribution in [0.3, 0.4) is 0 Å². The van der Waals surface area contributed by atoms with E-state index in [0.717, 1.165) is 12.0 Å². The summed E-state index contributed by atoms with van der Waals surface area (Å²) in [7, 11) is 0. The third kappa shape index (κ3) is 2.97. The van der Waals surface area contributed by atoms with Gasteiger partial charge in [-0.15, -0.1) is 11.3 Å². The second-order valence-electron chi connectivity index (χ2n) is 5.32. The summed E-state index contributed by atoms with van der Waals surface area (Å²) in [6.45, 7) is 2.10. The Kier molecular flexibility index (Phi) is 4.24. The first kappa shape index (κ1) is 14.2. The molecule has 1 aliphatic carbocycles. The molecule has 106 valence electrons. The molecule has 0 aliphatic heterocycles.